The summed E-state index contributed by atoms with van der Waals surface area (Å²) in [7, 11) is 2.07. The van der Waals surface area contributed by atoms with Crippen molar-refractivity contribution in [2.24, 2.45) is 0 Å². The molecule has 1 heterocycles. The third-order valence-electron chi connectivity index (χ3n) is 3.57. The average molecular weight is 262 g/mol. The number of ether oxygens (including phenoxy) is 1. The lowest BCUT2D eigenvalue weighted by molar-refractivity contribution is -0.123. The van der Waals surface area contributed by atoms with E-state index in [2.05, 4.69) is 24.9 Å². The summed E-state index contributed by atoms with van der Waals surface area (Å²) < 4.78 is 5.27. The van der Waals surface area contributed by atoms with Crippen LogP contribution in [0.1, 0.15) is 20.3 Å². The van der Waals surface area contributed by atoms with E-state index in [1.165, 1.54) is 0 Å². The van der Waals surface area contributed by atoms with Gasteiger partial charge in [0.25, 0.3) is 5.91 Å². The Morgan fingerprint density at radius 2 is 2.05 bits per heavy atom. The zero-order chi connectivity index (χ0) is 13.8. The summed E-state index contributed by atoms with van der Waals surface area (Å²) in [5.41, 5.74) is 2.09. The number of amides is 1. The van der Waals surface area contributed by atoms with Crippen LogP contribution in [0.25, 0.3) is 0 Å². The van der Waals surface area contributed by atoms with Crippen molar-refractivity contribution in [2.75, 3.05) is 36.6 Å². The Balaban J connectivity index is 2.34. The number of anilines is 2. The Labute approximate surface area is 115 Å². The van der Waals surface area contributed by atoms with Gasteiger partial charge in [-0.05, 0) is 32.4 Å². The first-order valence-electron chi connectivity index (χ1n) is 6.85. The fourth-order valence-corrected chi connectivity index (χ4v) is 2.50. The zero-order valence-corrected chi connectivity index (χ0v) is 11.9. The van der Waals surface area contributed by atoms with E-state index >= 15 is 0 Å². The van der Waals surface area contributed by atoms with Crippen LogP contribution >= 0.6 is 0 Å². The number of para-hydroxylation sites is 2. The van der Waals surface area contributed by atoms with Crippen LogP contribution in [0.15, 0.2) is 24.3 Å². The molecule has 4 heteroatoms. The number of hydrogen-bond donors (Lipinski definition) is 0. The van der Waals surface area contributed by atoms with E-state index < -0.39 is 0 Å². The molecular formula is C15H22N2O2. The van der Waals surface area contributed by atoms with E-state index in [4.69, 9.17) is 4.74 Å². The lowest BCUT2D eigenvalue weighted by Gasteiger charge is -2.28. The maximum Gasteiger partial charge on any atom is 0.253 e. The molecular weight excluding hydrogens is 240 g/mol. The number of nitrogens with zero attached hydrogens (tertiary/aromatic N) is 2. The Bertz CT molecular complexity index is 448. The van der Waals surface area contributed by atoms with E-state index in [0.717, 1.165) is 24.3 Å². The second-order valence-electron chi connectivity index (χ2n) is 4.95. The quantitative estimate of drug-likeness (QED) is 0.838. The van der Waals surface area contributed by atoms with Gasteiger partial charge in [0.15, 0.2) is 0 Å². The van der Waals surface area contributed by atoms with Gasteiger partial charge in [-0.2, -0.15) is 0 Å². The van der Waals surface area contributed by atoms with Crippen LogP contribution in [0.5, 0.6) is 0 Å². The SMILES string of the molecule is CCOCC(=O)N1c2ccccc2N(C)CC[C@H]1C. The number of benzene rings is 1. The molecule has 1 amide bonds. The topological polar surface area (TPSA) is 32.8 Å². The molecule has 104 valence electrons. The van der Waals surface area contributed by atoms with Gasteiger partial charge in [-0.15, -0.1) is 0 Å². The number of fused-ring (bicyclic) bond motifs is 1. The number of carbonyl (C=O) groups excluding carboxylic acids is 1. The molecule has 0 saturated heterocycles. The van der Waals surface area contributed by atoms with Gasteiger partial charge in [0.1, 0.15) is 6.61 Å². The smallest absolute Gasteiger partial charge is 0.253 e. The lowest BCUT2D eigenvalue weighted by Crippen LogP contribution is -2.40. The third kappa shape index (κ3) is 2.89. The molecule has 2 rings (SSSR count). The summed E-state index contributed by atoms with van der Waals surface area (Å²) in [5, 5.41) is 0. The average Bonchev–Trinajstić information content (AvgIpc) is 2.54. The number of carbonyl (C=O) groups is 1. The molecule has 0 saturated carbocycles. The van der Waals surface area contributed by atoms with Crippen LogP contribution in [0.3, 0.4) is 0 Å². The van der Waals surface area contributed by atoms with E-state index in [-0.39, 0.29) is 18.6 Å². The van der Waals surface area contributed by atoms with Gasteiger partial charge < -0.3 is 14.5 Å². The van der Waals surface area contributed by atoms with Crippen LogP contribution in [0.2, 0.25) is 0 Å². The predicted octanol–water partition coefficient (Wildman–Crippen LogP) is 2.28. The summed E-state index contributed by atoms with van der Waals surface area (Å²) in [5.74, 6) is 0.0390. The van der Waals surface area contributed by atoms with Crippen molar-refractivity contribution in [2.45, 2.75) is 26.3 Å². The first kappa shape index (κ1) is 13.9. The third-order valence-corrected chi connectivity index (χ3v) is 3.57. The van der Waals surface area contributed by atoms with Gasteiger partial charge in [-0.1, -0.05) is 12.1 Å². The van der Waals surface area contributed by atoms with Gasteiger partial charge in [0.05, 0.1) is 11.4 Å². The van der Waals surface area contributed by atoms with Crippen LogP contribution in [-0.2, 0) is 9.53 Å². The van der Waals surface area contributed by atoms with Crippen LogP contribution in [0.4, 0.5) is 11.4 Å². The van der Waals surface area contributed by atoms with Gasteiger partial charge in [-0.3, -0.25) is 4.79 Å². The molecule has 19 heavy (non-hydrogen) atoms. The second-order valence-corrected chi connectivity index (χ2v) is 4.95. The van der Waals surface area contributed by atoms with Crippen molar-refractivity contribution in [3.8, 4) is 0 Å². The molecule has 0 N–H and O–H groups in total. The highest BCUT2D eigenvalue weighted by molar-refractivity contribution is 5.98. The molecule has 0 unspecified atom stereocenters. The molecule has 1 aromatic carbocycles. The van der Waals surface area contributed by atoms with E-state index in [0.29, 0.717) is 6.61 Å². The standard InChI is InChI=1S/C15H22N2O2/c1-4-19-11-15(18)17-12(2)9-10-16(3)13-7-5-6-8-14(13)17/h5-8,12H,4,9-11H2,1-3H3/t12-/m1/s1. The van der Waals surface area contributed by atoms with Gasteiger partial charge in [0, 0.05) is 26.2 Å². The first-order chi connectivity index (χ1) is 9.15. The summed E-state index contributed by atoms with van der Waals surface area (Å²) in [4.78, 5) is 16.5. The minimum absolute atomic E-state index is 0.0390. The maximum atomic E-state index is 12.4. The second kappa shape index (κ2) is 6.06. The molecule has 0 bridgehead atoms. The van der Waals surface area contributed by atoms with E-state index in [9.17, 15) is 4.79 Å². The van der Waals surface area contributed by atoms with Crippen LogP contribution in [0, 0.1) is 0 Å². The summed E-state index contributed by atoms with van der Waals surface area (Å²) in [6.07, 6.45) is 0.961. The van der Waals surface area contributed by atoms with Gasteiger partial charge in [0.2, 0.25) is 0 Å². The minimum Gasteiger partial charge on any atom is -0.373 e. The van der Waals surface area contributed by atoms with E-state index in [1.807, 2.05) is 30.0 Å². The highest BCUT2D eigenvalue weighted by atomic mass is 16.5. The number of rotatable bonds is 3. The van der Waals surface area contributed by atoms with Crippen LogP contribution < -0.4 is 9.80 Å². The summed E-state index contributed by atoms with van der Waals surface area (Å²) in [6, 6.07) is 8.26. The molecule has 1 aromatic rings. The largest absolute Gasteiger partial charge is 0.373 e. The Hall–Kier alpha value is -1.55. The molecule has 1 aliphatic heterocycles. The normalized spacial score (nSPS) is 19.0. The Kier molecular flexibility index (Phi) is 4.43. The summed E-state index contributed by atoms with van der Waals surface area (Å²) in [6.45, 7) is 5.67. The fourth-order valence-electron chi connectivity index (χ4n) is 2.50. The highest BCUT2D eigenvalue weighted by Gasteiger charge is 2.27. The molecule has 0 radical (unpaired) electrons. The van der Waals surface area contributed by atoms with Crippen molar-refractivity contribution in [3.05, 3.63) is 24.3 Å². The molecule has 0 spiro atoms. The summed E-state index contributed by atoms with van der Waals surface area (Å²) >= 11 is 0. The highest BCUT2D eigenvalue weighted by Crippen LogP contribution is 2.33. The molecule has 1 atom stereocenters. The Morgan fingerprint density at radius 3 is 2.74 bits per heavy atom. The lowest BCUT2D eigenvalue weighted by atomic mass is 10.2. The monoisotopic (exact) mass is 262 g/mol. The Morgan fingerprint density at radius 1 is 1.37 bits per heavy atom. The molecule has 0 fully saturated rings. The van der Waals surface area contributed by atoms with Crippen molar-refractivity contribution in [3.63, 3.8) is 0 Å². The number of hydrogen-bond acceptors (Lipinski definition) is 3. The molecule has 0 aliphatic carbocycles. The van der Waals surface area contributed by atoms with Gasteiger partial charge in [-0.25, -0.2) is 0 Å². The van der Waals surface area contributed by atoms with Crippen molar-refractivity contribution in [1.82, 2.24) is 0 Å². The van der Waals surface area contributed by atoms with Crippen molar-refractivity contribution in [1.29, 1.82) is 0 Å². The van der Waals surface area contributed by atoms with Crippen LogP contribution in [-0.4, -0.2) is 38.8 Å². The maximum absolute atomic E-state index is 12.4. The molecule has 1 aliphatic rings. The zero-order valence-electron chi connectivity index (χ0n) is 11.9. The minimum atomic E-state index is 0.0390. The van der Waals surface area contributed by atoms with Gasteiger partial charge >= 0.3 is 0 Å². The van der Waals surface area contributed by atoms with E-state index in [1.54, 1.807) is 0 Å². The first-order valence-corrected chi connectivity index (χ1v) is 6.85. The predicted molar refractivity (Wildman–Crippen MR) is 77.8 cm³/mol. The van der Waals surface area contributed by atoms with Crippen molar-refractivity contribution < 1.29 is 9.53 Å². The fraction of sp³-hybridized carbons (Fsp3) is 0.533. The molecule has 0 aromatic heterocycles. The van der Waals surface area contributed by atoms with Crippen molar-refractivity contribution >= 4 is 17.3 Å². The molecule has 4 nitrogen and oxygen atoms in total.